The van der Waals surface area contributed by atoms with Gasteiger partial charge in [-0.05, 0) is 11.6 Å². The molecule has 0 aliphatic heterocycles. The smallest absolute Gasteiger partial charge is 0.239 e. The van der Waals surface area contributed by atoms with Crippen LogP contribution in [0.15, 0.2) is 0 Å². The monoisotopic (exact) mass is 283 g/mol. The zero-order valence-electron chi connectivity index (χ0n) is 5.21. The largest absolute Gasteiger partial charge is 0.279 e. The second-order valence-corrected chi connectivity index (χ2v) is 5.58. The summed E-state index contributed by atoms with van der Waals surface area (Å²) >= 11 is 26.8. The van der Waals surface area contributed by atoms with Gasteiger partial charge in [-0.15, -0.1) is 0 Å². The summed E-state index contributed by atoms with van der Waals surface area (Å²) in [5, 5.41) is 0. The molecule has 0 saturated carbocycles. The van der Waals surface area contributed by atoms with Crippen LogP contribution in [-0.4, -0.2) is 13.3 Å². The van der Waals surface area contributed by atoms with E-state index in [0.29, 0.717) is 0 Å². The van der Waals surface area contributed by atoms with Crippen molar-refractivity contribution in [2.45, 2.75) is 3.92 Å². The van der Waals surface area contributed by atoms with E-state index in [4.69, 9.17) is 46.4 Å². The molecule has 1 rings (SSSR count). The Bertz CT molecular complexity index is 271. The van der Waals surface area contributed by atoms with Crippen molar-refractivity contribution >= 4 is 76.7 Å². The minimum Gasteiger partial charge on any atom is -0.239 e. The van der Waals surface area contributed by atoms with Gasteiger partial charge >= 0.3 is 0 Å². The SMILES string of the molecule is SN(c1nsc(Cl)n1)C(Cl)(Cl)Cl. The van der Waals surface area contributed by atoms with Gasteiger partial charge in [0.25, 0.3) is 9.86 Å². The summed E-state index contributed by atoms with van der Waals surface area (Å²) in [6.07, 6.45) is 0. The third kappa shape index (κ3) is 2.68. The fraction of sp³-hybridized carbons (Fsp3) is 0.333. The van der Waals surface area contributed by atoms with Crippen LogP contribution >= 0.6 is 70.8 Å². The van der Waals surface area contributed by atoms with Gasteiger partial charge in [-0.1, -0.05) is 47.6 Å². The van der Waals surface area contributed by atoms with Crippen molar-refractivity contribution in [2.75, 3.05) is 4.31 Å². The number of thiol groups is 1. The lowest BCUT2D eigenvalue weighted by Crippen LogP contribution is -2.26. The molecule has 0 radical (unpaired) electrons. The van der Waals surface area contributed by atoms with Crippen LogP contribution in [0.4, 0.5) is 5.95 Å². The Morgan fingerprint density at radius 3 is 2.33 bits per heavy atom. The summed E-state index contributed by atoms with van der Waals surface area (Å²) in [5.74, 6) is 0.160. The number of hydrogen-bond donors (Lipinski definition) is 1. The van der Waals surface area contributed by atoms with E-state index < -0.39 is 3.92 Å². The fourth-order valence-electron chi connectivity index (χ4n) is 0.397. The Balaban J connectivity index is 2.85. The molecule has 0 aliphatic carbocycles. The molecule has 0 unspecified atom stereocenters. The van der Waals surface area contributed by atoms with Gasteiger partial charge in [-0.25, -0.2) is 4.31 Å². The van der Waals surface area contributed by atoms with Crippen LogP contribution in [0, 0.1) is 0 Å². The van der Waals surface area contributed by atoms with E-state index in [1.807, 2.05) is 0 Å². The third-order valence-electron chi connectivity index (χ3n) is 0.820. The van der Waals surface area contributed by atoms with Gasteiger partial charge in [-0.3, -0.25) is 0 Å². The number of nitrogens with zero attached hydrogens (tertiary/aromatic N) is 3. The molecule has 68 valence electrons. The molecule has 1 aromatic heterocycles. The van der Waals surface area contributed by atoms with Gasteiger partial charge in [0.1, 0.15) is 0 Å². The second kappa shape index (κ2) is 3.94. The standard InChI is InChI=1S/C3HCl4N3S2/c4-1-8-2(9-12-1)10(11)3(5,6)7/h11H. The highest BCUT2D eigenvalue weighted by Crippen LogP contribution is 2.36. The first-order valence-electron chi connectivity index (χ1n) is 2.46. The number of hydrogen-bond acceptors (Lipinski definition) is 5. The average molecular weight is 285 g/mol. The van der Waals surface area contributed by atoms with Gasteiger partial charge < -0.3 is 0 Å². The zero-order chi connectivity index (χ0) is 9.35. The highest BCUT2D eigenvalue weighted by atomic mass is 35.6. The Morgan fingerprint density at radius 2 is 2.00 bits per heavy atom. The van der Waals surface area contributed by atoms with Gasteiger partial charge in [0.05, 0.1) is 0 Å². The lowest BCUT2D eigenvalue weighted by atomic mass is 11.0. The summed E-state index contributed by atoms with van der Waals surface area (Å²) in [4.78, 5) is 3.75. The quantitative estimate of drug-likeness (QED) is 0.488. The van der Waals surface area contributed by atoms with Crippen molar-refractivity contribution in [3.05, 3.63) is 4.47 Å². The van der Waals surface area contributed by atoms with Crippen molar-refractivity contribution in [2.24, 2.45) is 0 Å². The first-order valence-corrected chi connectivity index (χ1v) is 5.15. The summed E-state index contributed by atoms with van der Waals surface area (Å²) in [7, 11) is 0. The van der Waals surface area contributed by atoms with E-state index in [1.165, 1.54) is 0 Å². The first kappa shape index (κ1) is 10.9. The lowest BCUT2D eigenvalue weighted by Gasteiger charge is -2.20. The number of anilines is 1. The van der Waals surface area contributed by atoms with Crippen LogP contribution in [0.3, 0.4) is 0 Å². The molecule has 0 spiro atoms. The maximum Gasteiger partial charge on any atom is 0.279 e. The van der Waals surface area contributed by atoms with Gasteiger partial charge in [0.15, 0.2) is 0 Å². The number of alkyl halides is 3. The van der Waals surface area contributed by atoms with E-state index in [-0.39, 0.29) is 10.4 Å². The summed E-state index contributed by atoms with van der Waals surface area (Å²) in [5.41, 5.74) is 0. The minimum absolute atomic E-state index is 0.160. The van der Waals surface area contributed by atoms with Crippen LogP contribution in [0.5, 0.6) is 0 Å². The van der Waals surface area contributed by atoms with Crippen molar-refractivity contribution in [3.8, 4) is 0 Å². The number of halogens is 4. The molecule has 1 heterocycles. The van der Waals surface area contributed by atoms with Crippen LogP contribution in [-0.2, 0) is 0 Å². The van der Waals surface area contributed by atoms with Crippen molar-refractivity contribution in [3.63, 3.8) is 0 Å². The molecule has 0 aliphatic rings. The first-order chi connectivity index (χ1) is 5.41. The van der Waals surface area contributed by atoms with Crippen LogP contribution in [0.2, 0.25) is 4.47 Å². The Morgan fingerprint density at radius 1 is 1.42 bits per heavy atom. The second-order valence-electron chi connectivity index (χ2n) is 1.63. The van der Waals surface area contributed by atoms with Gasteiger partial charge in [0.2, 0.25) is 4.47 Å². The van der Waals surface area contributed by atoms with E-state index >= 15 is 0 Å². The molecular weight excluding hydrogens is 284 g/mol. The number of rotatable bonds is 1. The fourth-order valence-corrected chi connectivity index (χ4v) is 1.36. The zero-order valence-corrected chi connectivity index (χ0v) is 9.94. The summed E-state index contributed by atoms with van der Waals surface area (Å²) < 4.78 is 3.34. The maximum absolute atomic E-state index is 5.51. The predicted molar refractivity (Wildman–Crippen MR) is 56.7 cm³/mol. The lowest BCUT2D eigenvalue weighted by molar-refractivity contribution is 1.07. The van der Waals surface area contributed by atoms with Gasteiger partial charge in [0, 0.05) is 11.5 Å². The maximum atomic E-state index is 5.51. The molecule has 0 aromatic carbocycles. The molecule has 0 fully saturated rings. The van der Waals surface area contributed by atoms with Crippen molar-refractivity contribution in [1.82, 2.24) is 9.36 Å². The van der Waals surface area contributed by atoms with E-state index in [2.05, 4.69) is 22.2 Å². The Hall–Kier alpha value is 0.870. The molecule has 3 nitrogen and oxygen atoms in total. The normalized spacial score (nSPS) is 11.8. The van der Waals surface area contributed by atoms with Crippen LogP contribution in [0.25, 0.3) is 0 Å². The van der Waals surface area contributed by atoms with Crippen LogP contribution < -0.4 is 4.31 Å². The van der Waals surface area contributed by atoms with Gasteiger partial charge in [-0.2, -0.15) is 9.36 Å². The Kier molecular flexibility index (Phi) is 3.59. The van der Waals surface area contributed by atoms with Crippen molar-refractivity contribution < 1.29 is 0 Å². The third-order valence-corrected chi connectivity index (χ3v) is 2.95. The molecular formula is C3HCl4N3S2. The molecule has 0 atom stereocenters. The molecule has 12 heavy (non-hydrogen) atoms. The molecule has 0 amide bonds. The highest BCUT2D eigenvalue weighted by Gasteiger charge is 2.30. The topological polar surface area (TPSA) is 29.0 Å². The molecule has 0 bridgehead atoms. The molecule has 0 N–H and O–H groups in total. The predicted octanol–water partition coefficient (Wildman–Crippen LogP) is 3.17. The molecule has 0 saturated heterocycles. The molecule has 9 heteroatoms. The van der Waals surface area contributed by atoms with E-state index in [9.17, 15) is 0 Å². The Labute approximate surface area is 98.3 Å². The van der Waals surface area contributed by atoms with E-state index in [0.717, 1.165) is 15.8 Å². The van der Waals surface area contributed by atoms with Crippen LogP contribution in [0.1, 0.15) is 0 Å². The average Bonchev–Trinajstić information content (AvgIpc) is 2.32. The summed E-state index contributed by atoms with van der Waals surface area (Å²) in [6.45, 7) is 0. The molecule has 1 aromatic rings. The number of aromatic nitrogens is 2. The van der Waals surface area contributed by atoms with Crippen molar-refractivity contribution in [1.29, 1.82) is 0 Å². The van der Waals surface area contributed by atoms with E-state index in [1.54, 1.807) is 0 Å². The minimum atomic E-state index is -1.69. The highest BCUT2D eigenvalue weighted by molar-refractivity contribution is 7.82. The summed E-state index contributed by atoms with van der Waals surface area (Å²) in [6, 6.07) is 0.